The lowest BCUT2D eigenvalue weighted by atomic mass is 9.76. The van der Waals surface area contributed by atoms with Crippen LogP contribution in [0.3, 0.4) is 0 Å². The number of carbonyl (C=O) groups is 1. The molecule has 5 aliphatic rings. The molecule has 5 heteroatoms. The lowest BCUT2D eigenvalue weighted by Crippen LogP contribution is -2.28. The van der Waals surface area contributed by atoms with Gasteiger partial charge in [0, 0.05) is 30.7 Å². The van der Waals surface area contributed by atoms with Gasteiger partial charge >= 0.3 is 0 Å². The topological polar surface area (TPSA) is 66.2 Å². The standard InChI is InChI=1S/C32H40N4O/c1-5-22(9-8-21(2)30-19-35-20-36-30)24-11-12-25(28-18-32(17-27(24)28)14-6-7-15-32)23-10-13-29(33-3)26(16-23)31(37)34-4/h5,8-10,12,16,19,21,24,29H,3,6-7,11,13-15,17-18,20H2,1-2,4H3,(H,34,37)/b9-8-,22-5?. The summed E-state index contributed by atoms with van der Waals surface area (Å²) < 4.78 is 0. The van der Waals surface area contributed by atoms with Gasteiger partial charge in [0.1, 0.15) is 6.67 Å². The summed E-state index contributed by atoms with van der Waals surface area (Å²) in [7, 11) is 1.69. The van der Waals surface area contributed by atoms with Crippen molar-refractivity contribution in [3.05, 3.63) is 69.9 Å². The molecular formula is C32H40N4O. The van der Waals surface area contributed by atoms with E-state index in [2.05, 4.69) is 77.3 Å². The van der Waals surface area contributed by atoms with E-state index in [1.54, 1.807) is 12.6 Å². The van der Waals surface area contributed by atoms with Crippen LogP contribution in [-0.4, -0.2) is 44.3 Å². The molecule has 1 saturated carbocycles. The van der Waals surface area contributed by atoms with Gasteiger partial charge in [0.25, 0.3) is 0 Å². The van der Waals surface area contributed by atoms with E-state index in [-0.39, 0.29) is 17.9 Å². The van der Waals surface area contributed by atoms with E-state index in [1.807, 2.05) is 6.21 Å². The molecule has 194 valence electrons. The summed E-state index contributed by atoms with van der Waals surface area (Å²) in [6.07, 6.45) is 25.0. The Balaban J connectivity index is 1.46. The number of nitrogens with one attached hydrogen (secondary N) is 1. The SMILES string of the molecule is C=NC1CC=C(C2=CCC(C(=CC)/C=C\C(C)C3=NCN=C3)C3=C2CC2(CCCC2)C3)C=C1C(=O)NC. The third kappa shape index (κ3) is 4.93. The molecule has 0 aromatic rings. The van der Waals surface area contributed by atoms with Crippen LogP contribution < -0.4 is 5.32 Å². The van der Waals surface area contributed by atoms with E-state index < -0.39 is 0 Å². The fourth-order valence-corrected chi connectivity index (χ4v) is 7.01. The number of nitrogens with zero attached hydrogens (tertiary/aromatic N) is 3. The number of allylic oxidation sites excluding steroid dienone is 10. The zero-order valence-electron chi connectivity index (χ0n) is 22.6. The van der Waals surface area contributed by atoms with E-state index in [4.69, 9.17) is 0 Å². The number of carbonyl (C=O) groups excluding carboxylic acids is 1. The number of hydrogen-bond donors (Lipinski definition) is 1. The molecule has 0 radical (unpaired) electrons. The average Bonchev–Trinajstić information content (AvgIpc) is 3.70. The highest BCUT2D eigenvalue weighted by atomic mass is 16.1. The van der Waals surface area contributed by atoms with Crippen LogP contribution in [-0.2, 0) is 4.79 Å². The largest absolute Gasteiger partial charge is 0.355 e. The molecule has 5 nitrogen and oxygen atoms in total. The summed E-state index contributed by atoms with van der Waals surface area (Å²) in [5.74, 6) is 0.624. The lowest BCUT2D eigenvalue weighted by Gasteiger charge is -2.29. The summed E-state index contributed by atoms with van der Waals surface area (Å²) in [4.78, 5) is 25.6. The van der Waals surface area contributed by atoms with Crippen LogP contribution >= 0.6 is 0 Å². The highest BCUT2D eigenvalue weighted by Gasteiger charge is 2.45. The number of aliphatic imine (C=N–C) groups is 3. The fraction of sp³-hybridized carbons (Fsp3) is 0.500. The van der Waals surface area contributed by atoms with Crippen molar-refractivity contribution in [3.63, 3.8) is 0 Å². The summed E-state index contributed by atoms with van der Waals surface area (Å²) in [5, 5.41) is 2.80. The maximum absolute atomic E-state index is 12.6. The molecule has 3 unspecified atom stereocenters. The fourth-order valence-electron chi connectivity index (χ4n) is 7.01. The molecule has 4 aliphatic carbocycles. The first-order valence-corrected chi connectivity index (χ1v) is 13.9. The van der Waals surface area contributed by atoms with Gasteiger partial charge in [0.05, 0.1) is 11.8 Å². The van der Waals surface area contributed by atoms with Crippen molar-refractivity contribution >= 4 is 24.6 Å². The van der Waals surface area contributed by atoms with Gasteiger partial charge in [-0.1, -0.05) is 55.7 Å². The maximum Gasteiger partial charge on any atom is 0.249 e. The number of rotatable bonds is 7. The van der Waals surface area contributed by atoms with Crippen LogP contribution in [0.2, 0.25) is 0 Å². The minimum absolute atomic E-state index is 0.0578. The molecule has 1 spiro atoms. The molecule has 1 heterocycles. The summed E-state index contributed by atoms with van der Waals surface area (Å²) in [6, 6.07) is -0.171. The molecule has 0 aromatic carbocycles. The summed E-state index contributed by atoms with van der Waals surface area (Å²) in [5.41, 5.74) is 9.31. The highest BCUT2D eigenvalue weighted by molar-refractivity contribution is 6.32. The summed E-state index contributed by atoms with van der Waals surface area (Å²) in [6.45, 7) is 8.66. The molecule has 37 heavy (non-hydrogen) atoms. The molecule has 5 rings (SSSR count). The maximum atomic E-state index is 12.6. The van der Waals surface area contributed by atoms with Gasteiger partial charge in [-0.15, -0.1) is 0 Å². The molecule has 0 aromatic heterocycles. The van der Waals surface area contributed by atoms with E-state index in [1.165, 1.54) is 60.8 Å². The highest BCUT2D eigenvalue weighted by Crippen LogP contribution is 2.59. The zero-order chi connectivity index (χ0) is 26.0. The van der Waals surface area contributed by atoms with Crippen molar-refractivity contribution in [2.75, 3.05) is 13.7 Å². The minimum Gasteiger partial charge on any atom is -0.355 e. The van der Waals surface area contributed by atoms with E-state index >= 15 is 0 Å². The van der Waals surface area contributed by atoms with Crippen LogP contribution in [0, 0.1) is 17.3 Å². The van der Waals surface area contributed by atoms with E-state index in [0.29, 0.717) is 18.0 Å². The van der Waals surface area contributed by atoms with Crippen molar-refractivity contribution in [1.82, 2.24) is 5.32 Å². The second kappa shape index (κ2) is 10.7. The third-order valence-electron chi connectivity index (χ3n) is 9.06. The van der Waals surface area contributed by atoms with Crippen LogP contribution in [0.1, 0.15) is 65.2 Å². The molecular weight excluding hydrogens is 456 g/mol. The van der Waals surface area contributed by atoms with Gasteiger partial charge in [0.2, 0.25) is 5.91 Å². The predicted molar refractivity (Wildman–Crippen MR) is 154 cm³/mol. The Labute approximate surface area is 221 Å². The first kappa shape index (κ1) is 25.6. The van der Waals surface area contributed by atoms with Gasteiger partial charge in [-0.3, -0.25) is 19.8 Å². The van der Waals surface area contributed by atoms with Crippen LogP contribution in [0.15, 0.2) is 84.9 Å². The molecule has 1 aliphatic heterocycles. The van der Waals surface area contributed by atoms with E-state index in [0.717, 1.165) is 24.1 Å². The van der Waals surface area contributed by atoms with Crippen LogP contribution in [0.4, 0.5) is 0 Å². The Kier molecular flexibility index (Phi) is 7.41. The first-order valence-electron chi connectivity index (χ1n) is 13.9. The van der Waals surface area contributed by atoms with Crippen molar-refractivity contribution in [3.8, 4) is 0 Å². The van der Waals surface area contributed by atoms with Crippen molar-refractivity contribution in [2.24, 2.45) is 32.2 Å². The smallest absolute Gasteiger partial charge is 0.249 e. The van der Waals surface area contributed by atoms with Crippen LogP contribution in [0.25, 0.3) is 0 Å². The van der Waals surface area contributed by atoms with Crippen molar-refractivity contribution in [2.45, 2.75) is 71.3 Å². The van der Waals surface area contributed by atoms with Crippen molar-refractivity contribution in [1.29, 1.82) is 0 Å². The summed E-state index contributed by atoms with van der Waals surface area (Å²) >= 11 is 0. The van der Waals surface area contributed by atoms with Gasteiger partial charge in [-0.05, 0) is 85.9 Å². The van der Waals surface area contributed by atoms with E-state index in [9.17, 15) is 4.79 Å². The molecule has 0 saturated heterocycles. The number of likely N-dealkylation sites (N-methyl/N-ethyl adjacent to an activating group) is 1. The molecule has 1 fully saturated rings. The average molecular weight is 497 g/mol. The molecule has 1 N–H and O–H groups in total. The number of hydrogen-bond acceptors (Lipinski definition) is 4. The molecule has 0 bridgehead atoms. The van der Waals surface area contributed by atoms with Gasteiger partial charge in [-0.2, -0.15) is 0 Å². The first-order chi connectivity index (χ1) is 18.0. The second-order valence-electron chi connectivity index (χ2n) is 11.2. The third-order valence-corrected chi connectivity index (χ3v) is 9.06. The van der Waals surface area contributed by atoms with Crippen molar-refractivity contribution < 1.29 is 4.79 Å². The monoisotopic (exact) mass is 496 g/mol. The van der Waals surface area contributed by atoms with Gasteiger partial charge < -0.3 is 5.32 Å². The Morgan fingerprint density at radius 3 is 2.73 bits per heavy atom. The quantitative estimate of drug-likeness (QED) is 0.327. The molecule has 1 amide bonds. The minimum atomic E-state index is -0.171. The lowest BCUT2D eigenvalue weighted by molar-refractivity contribution is -0.117. The zero-order valence-corrected chi connectivity index (χ0v) is 22.6. The Bertz CT molecular complexity index is 1210. The molecule has 3 atom stereocenters. The Morgan fingerprint density at radius 2 is 2.05 bits per heavy atom. The Hall–Kier alpha value is -3.08. The number of amides is 1. The normalized spacial score (nSPS) is 27.7. The predicted octanol–water partition coefficient (Wildman–Crippen LogP) is 6.28. The van der Waals surface area contributed by atoms with Crippen LogP contribution in [0.5, 0.6) is 0 Å². The second-order valence-corrected chi connectivity index (χ2v) is 11.2. The Morgan fingerprint density at radius 1 is 1.24 bits per heavy atom. The van der Waals surface area contributed by atoms with Gasteiger partial charge in [-0.25, -0.2) is 0 Å². The van der Waals surface area contributed by atoms with Gasteiger partial charge in [0.15, 0.2) is 0 Å².